The van der Waals surface area contributed by atoms with Crippen LogP contribution in [-0.2, 0) is 10.0 Å². The number of aromatic hydroxyl groups is 1. The summed E-state index contributed by atoms with van der Waals surface area (Å²) >= 11 is 0. The predicted octanol–water partition coefficient (Wildman–Crippen LogP) is 1.60. The molecule has 100 valence electrons. The molecule has 0 amide bonds. The van der Waals surface area contributed by atoms with Gasteiger partial charge in [0.15, 0.2) is 0 Å². The van der Waals surface area contributed by atoms with Gasteiger partial charge in [-0.1, -0.05) is 0 Å². The molecule has 0 saturated heterocycles. The van der Waals surface area contributed by atoms with E-state index >= 15 is 0 Å². The monoisotopic (exact) mass is 279 g/mol. The highest BCUT2D eigenvalue weighted by atomic mass is 32.2. The maximum atomic E-state index is 12.1. The lowest BCUT2D eigenvalue weighted by Crippen LogP contribution is -2.15. The van der Waals surface area contributed by atoms with Crippen molar-refractivity contribution >= 4 is 16.0 Å². The van der Waals surface area contributed by atoms with Gasteiger partial charge in [-0.3, -0.25) is 0 Å². The molecule has 0 aliphatic rings. The van der Waals surface area contributed by atoms with E-state index < -0.39 is 10.0 Å². The summed E-state index contributed by atoms with van der Waals surface area (Å²) < 4.78 is 26.4. The summed E-state index contributed by atoms with van der Waals surface area (Å²) in [6.45, 7) is 3.51. The Hall–Kier alpha value is -2.15. The molecule has 0 atom stereocenters. The Labute approximate surface area is 111 Å². The van der Waals surface area contributed by atoms with Crippen LogP contribution in [0.2, 0.25) is 0 Å². The Morgan fingerprint density at radius 1 is 1.05 bits per heavy atom. The van der Waals surface area contributed by atoms with Gasteiger partial charge < -0.3 is 5.11 Å². The van der Waals surface area contributed by atoms with Gasteiger partial charge in [-0.2, -0.15) is 0 Å². The zero-order valence-electron chi connectivity index (χ0n) is 10.5. The fourth-order valence-electron chi connectivity index (χ4n) is 1.58. The van der Waals surface area contributed by atoms with E-state index in [9.17, 15) is 8.42 Å². The van der Waals surface area contributed by atoms with Gasteiger partial charge >= 0.3 is 0 Å². The summed E-state index contributed by atoms with van der Waals surface area (Å²) in [6.07, 6.45) is 0. The van der Waals surface area contributed by atoms with Crippen LogP contribution in [-0.4, -0.2) is 23.5 Å². The number of anilines is 1. The van der Waals surface area contributed by atoms with E-state index in [1.165, 1.54) is 24.3 Å². The van der Waals surface area contributed by atoms with Crippen molar-refractivity contribution in [2.75, 3.05) is 4.72 Å². The van der Waals surface area contributed by atoms with E-state index in [1.807, 2.05) is 0 Å². The molecule has 6 nitrogen and oxygen atoms in total. The van der Waals surface area contributed by atoms with Gasteiger partial charge in [0, 0.05) is 11.4 Å². The fraction of sp³-hybridized carbons (Fsp3) is 0.167. The second kappa shape index (κ2) is 4.85. The molecule has 0 aliphatic carbocycles. The van der Waals surface area contributed by atoms with Crippen LogP contribution >= 0.6 is 0 Å². The van der Waals surface area contributed by atoms with E-state index in [2.05, 4.69) is 14.7 Å². The van der Waals surface area contributed by atoms with Crippen LogP contribution in [0.5, 0.6) is 5.75 Å². The first-order chi connectivity index (χ1) is 8.87. The van der Waals surface area contributed by atoms with Crippen molar-refractivity contribution in [2.45, 2.75) is 18.7 Å². The third-order valence-electron chi connectivity index (χ3n) is 2.35. The van der Waals surface area contributed by atoms with Crippen molar-refractivity contribution in [1.29, 1.82) is 0 Å². The molecule has 0 aliphatic heterocycles. The normalized spacial score (nSPS) is 11.3. The van der Waals surface area contributed by atoms with Gasteiger partial charge in [-0.15, -0.1) is 0 Å². The predicted molar refractivity (Wildman–Crippen MR) is 70.4 cm³/mol. The lowest BCUT2D eigenvalue weighted by molar-refractivity contribution is 0.475. The molecule has 2 aromatic rings. The number of sulfonamides is 1. The van der Waals surface area contributed by atoms with Gasteiger partial charge in [0.1, 0.15) is 5.75 Å². The number of hydrogen-bond donors (Lipinski definition) is 2. The summed E-state index contributed by atoms with van der Waals surface area (Å²) in [5.41, 5.74) is 1.35. The number of aryl methyl sites for hydroxylation is 2. The number of phenolic OH excluding ortho intramolecular Hbond substituents is 1. The van der Waals surface area contributed by atoms with Crippen LogP contribution in [0.25, 0.3) is 0 Å². The molecule has 0 radical (unpaired) electrons. The molecule has 1 heterocycles. The Balaban J connectivity index is 2.33. The number of nitrogens with zero attached hydrogens (tertiary/aromatic N) is 2. The van der Waals surface area contributed by atoms with Crippen molar-refractivity contribution in [2.24, 2.45) is 0 Å². The highest BCUT2D eigenvalue weighted by Crippen LogP contribution is 2.17. The topological polar surface area (TPSA) is 92.2 Å². The van der Waals surface area contributed by atoms with Gasteiger partial charge in [0.2, 0.25) is 5.95 Å². The average Bonchev–Trinajstić information content (AvgIpc) is 2.27. The molecular weight excluding hydrogens is 266 g/mol. The van der Waals surface area contributed by atoms with Gasteiger partial charge in [-0.25, -0.2) is 23.1 Å². The quantitative estimate of drug-likeness (QED) is 0.890. The minimum Gasteiger partial charge on any atom is -0.508 e. The maximum Gasteiger partial charge on any atom is 0.264 e. The zero-order chi connectivity index (χ0) is 14.0. The molecule has 7 heteroatoms. The Morgan fingerprint density at radius 2 is 1.58 bits per heavy atom. The van der Waals surface area contributed by atoms with Crippen LogP contribution < -0.4 is 4.72 Å². The number of nitrogens with one attached hydrogen (secondary N) is 1. The van der Waals surface area contributed by atoms with Crippen molar-refractivity contribution in [3.8, 4) is 5.75 Å². The Bertz CT molecular complexity index is 676. The standard InChI is InChI=1S/C12H13N3O3S/c1-8-7-9(2)14-12(13-8)15-19(17,18)11-5-3-10(16)4-6-11/h3-7,16H,1-2H3,(H,13,14,15). The molecular formula is C12H13N3O3S. The van der Waals surface area contributed by atoms with Gasteiger partial charge in [0.25, 0.3) is 10.0 Å². The molecule has 0 spiro atoms. The SMILES string of the molecule is Cc1cc(C)nc(NS(=O)(=O)c2ccc(O)cc2)n1. The molecule has 1 aromatic heterocycles. The summed E-state index contributed by atoms with van der Waals surface area (Å²) in [5.74, 6) is 0.0344. The van der Waals surface area contributed by atoms with E-state index in [4.69, 9.17) is 5.11 Å². The molecule has 2 rings (SSSR count). The van der Waals surface area contributed by atoms with Crippen LogP contribution in [0.1, 0.15) is 11.4 Å². The highest BCUT2D eigenvalue weighted by molar-refractivity contribution is 7.92. The fourth-order valence-corrected chi connectivity index (χ4v) is 2.52. The summed E-state index contributed by atoms with van der Waals surface area (Å²) in [6, 6.07) is 6.97. The average molecular weight is 279 g/mol. The lowest BCUT2D eigenvalue weighted by Gasteiger charge is -2.07. The minimum absolute atomic E-state index is 0.00148. The minimum atomic E-state index is -3.75. The zero-order valence-corrected chi connectivity index (χ0v) is 11.3. The molecule has 0 saturated carbocycles. The van der Waals surface area contributed by atoms with Crippen molar-refractivity contribution in [3.63, 3.8) is 0 Å². The first-order valence-electron chi connectivity index (χ1n) is 5.51. The first-order valence-corrected chi connectivity index (χ1v) is 6.99. The number of aromatic nitrogens is 2. The van der Waals surface area contributed by atoms with E-state index in [1.54, 1.807) is 19.9 Å². The summed E-state index contributed by atoms with van der Waals surface area (Å²) in [5, 5.41) is 9.14. The van der Waals surface area contributed by atoms with Crippen LogP contribution in [0.4, 0.5) is 5.95 Å². The van der Waals surface area contributed by atoms with Gasteiger partial charge in [-0.05, 0) is 44.2 Å². The molecule has 0 fully saturated rings. The number of benzene rings is 1. The van der Waals surface area contributed by atoms with Crippen LogP contribution in [0.15, 0.2) is 35.2 Å². The smallest absolute Gasteiger partial charge is 0.264 e. The lowest BCUT2D eigenvalue weighted by atomic mass is 10.3. The maximum absolute atomic E-state index is 12.1. The van der Waals surface area contributed by atoms with Crippen molar-refractivity contribution < 1.29 is 13.5 Å². The molecule has 0 unspecified atom stereocenters. The van der Waals surface area contributed by atoms with Crippen LogP contribution in [0.3, 0.4) is 0 Å². The summed E-state index contributed by atoms with van der Waals surface area (Å²) in [4.78, 5) is 8.06. The Kier molecular flexibility index (Phi) is 3.39. The van der Waals surface area contributed by atoms with E-state index in [-0.39, 0.29) is 16.6 Å². The molecule has 19 heavy (non-hydrogen) atoms. The third kappa shape index (κ3) is 3.19. The number of phenols is 1. The summed E-state index contributed by atoms with van der Waals surface area (Å²) in [7, 11) is -3.75. The molecule has 0 bridgehead atoms. The van der Waals surface area contributed by atoms with Crippen molar-refractivity contribution in [1.82, 2.24) is 9.97 Å². The van der Waals surface area contributed by atoms with Gasteiger partial charge in [0.05, 0.1) is 4.90 Å². The Morgan fingerprint density at radius 3 is 2.11 bits per heavy atom. The van der Waals surface area contributed by atoms with Crippen molar-refractivity contribution in [3.05, 3.63) is 41.7 Å². The number of hydrogen-bond acceptors (Lipinski definition) is 5. The first kappa shape index (κ1) is 13.3. The largest absolute Gasteiger partial charge is 0.508 e. The van der Waals surface area contributed by atoms with E-state index in [0.29, 0.717) is 11.4 Å². The second-order valence-corrected chi connectivity index (χ2v) is 5.76. The molecule has 2 N–H and O–H groups in total. The van der Waals surface area contributed by atoms with Crippen LogP contribution in [0, 0.1) is 13.8 Å². The third-order valence-corrected chi connectivity index (χ3v) is 3.70. The highest BCUT2D eigenvalue weighted by Gasteiger charge is 2.15. The van der Waals surface area contributed by atoms with E-state index in [0.717, 1.165) is 0 Å². The second-order valence-electron chi connectivity index (χ2n) is 4.07. The molecule has 1 aromatic carbocycles. The number of rotatable bonds is 3.